The Morgan fingerprint density at radius 2 is 1.74 bits per heavy atom. The first-order valence-corrected chi connectivity index (χ1v) is 9.62. The maximum Gasteiger partial charge on any atom is 0.408 e. The van der Waals surface area contributed by atoms with Gasteiger partial charge in [-0.25, -0.2) is 24.5 Å². The number of carboxylic acid groups (broad SMARTS) is 1. The summed E-state index contributed by atoms with van der Waals surface area (Å²) in [4.78, 5) is 35.8. The molecule has 1 unspecified atom stereocenters. The van der Waals surface area contributed by atoms with Crippen LogP contribution in [0.3, 0.4) is 0 Å². The molecule has 31 heavy (non-hydrogen) atoms. The summed E-state index contributed by atoms with van der Waals surface area (Å²) in [7, 11) is 0. The van der Waals surface area contributed by atoms with Crippen molar-refractivity contribution in [3.63, 3.8) is 0 Å². The second kappa shape index (κ2) is 8.25. The van der Waals surface area contributed by atoms with Crippen LogP contribution in [0.2, 0.25) is 0 Å². The molecule has 3 rings (SSSR count). The molecule has 2 N–H and O–H groups in total. The number of carbonyl (C=O) groups is 2. The summed E-state index contributed by atoms with van der Waals surface area (Å²) in [6, 6.07) is -0.511. The van der Waals surface area contributed by atoms with E-state index in [4.69, 9.17) is 23.1 Å². The third-order valence-electron chi connectivity index (χ3n) is 4.14. The van der Waals surface area contributed by atoms with E-state index in [9.17, 15) is 9.59 Å². The molecule has 166 valence electrons. The molecule has 11 heteroatoms. The lowest BCUT2D eigenvalue weighted by Gasteiger charge is -2.21. The van der Waals surface area contributed by atoms with Crippen LogP contribution in [-0.4, -0.2) is 37.7 Å². The largest absolute Gasteiger partial charge is 0.476 e. The Balaban J connectivity index is 1.86. The van der Waals surface area contributed by atoms with Gasteiger partial charge in [0.25, 0.3) is 0 Å². The van der Waals surface area contributed by atoms with Crippen LogP contribution >= 0.6 is 0 Å². The number of aryl methyl sites for hydroxylation is 2. The monoisotopic (exact) mass is 432 g/mol. The summed E-state index contributed by atoms with van der Waals surface area (Å²) in [6.45, 7) is 10.5. The van der Waals surface area contributed by atoms with Crippen molar-refractivity contribution in [3.8, 4) is 23.2 Å². The first-order chi connectivity index (χ1) is 14.5. The Kier molecular flexibility index (Phi) is 5.87. The number of rotatable bonds is 6. The minimum Gasteiger partial charge on any atom is -0.476 e. The van der Waals surface area contributed by atoms with Crippen LogP contribution in [0.15, 0.2) is 19.5 Å². The summed E-state index contributed by atoms with van der Waals surface area (Å²) >= 11 is 0. The number of carbonyl (C=O) groups excluding carboxylic acids is 1. The number of alkyl carbamates (subject to hydrolysis) is 1. The van der Waals surface area contributed by atoms with Gasteiger partial charge in [0.15, 0.2) is 17.1 Å². The maximum absolute atomic E-state index is 12.1. The Labute approximate surface area is 177 Å². The molecule has 11 nitrogen and oxygen atoms in total. The van der Waals surface area contributed by atoms with Crippen LogP contribution in [0.5, 0.6) is 0 Å². The summed E-state index contributed by atoms with van der Waals surface area (Å²) in [5.41, 5.74) is -0.269. The van der Waals surface area contributed by atoms with Gasteiger partial charge in [-0.2, -0.15) is 0 Å². The number of nitrogens with one attached hydrogen (secondary N) is 1. The van der Waals surface area contributed by atoms with Gasteiger partial charge in [-0.3, -0.25) is 0 Å². The van der Waals surface area contributed by atoms with Crippen molar-refractivity contribution in [2.24, 2.45) is 0 Å². The highest BCUT2D eigenvalue weighted by Gasteiger charge is 2.27. The molecule has 3 aromatic rings. The van der Waals surface area contributed by atoms with Crippen molar-refractivity contribution < 1.29 is 32.7 Å². The predicted molar refractivity (Wildman–Crippen MR) is 106 cm³/mol. The molecule has 0 saturated carbocycles. The van der Waals surface area contributed by atoms with Crippen molar-refractivity contribution in [2.75, 3.05) is 0 Å². The molecule has 0 bridgehead atoms. The molecular formula is C20H24N4O7. The highest BCUT2D eigenvalue weighted by atomic mass is 16.6. The topological polar surface area (TPSA) is 154 Å². The minimum absolute atomic E-state index is 0.0179. The number of oxazole rings is 3. The second-order valence-corrected chi connectivity index (χ2v) is 7.83. The lowest BCUT2D eigenvalue weighted by atomic mass is 10.2. The van der Waals surface area contributed by atoms with E-state index in [0.29, 0.717) is 23.6 Å². The van der Waals surface area contributed by atoms with Gasteiger partial charge >= 0.3 is 12.1 Å². The molecule has 0 saturated heterocycles. The van der Waals surface area contributed by atoms with Crippen LogP contribution in [0, 0.1) is 13.8 Å². The molecular weight excluding hydrogens is 408 g/mol. The summed E-state index contributed by atoms with van der Waals surface area (Å²) in [5.74, 6) is 0.0491. The first kappa shape index (κ1) is 22.1. The van der Waals surface area contributed by atoms with Crippen molar-refractivity contribution >= 4 is 12.1 Å². The van der Waals surface area contributed by atoms with Crippen molar-refractivity contribution in [1.82, 2.24) is 20.3 Å². The van der Waals surface area contributed by atoms with Crippen molar-refractivity contribution in [3.05, 3.63) is 29.4 Å². The van der Waals surface area contributed by atoms with Crippen LogP contribution in [0.25, 0.3) is 23.2 Å². The smallest absolute Gasteiger partial charge is 0.408 e. The van der Waals surface area contributed by atoms with E-state index in [2.05, 4.69) is 20.3 Å². The summed E-state index contributed by atoms with van der Waals surface area (Å²) in [5, 5.41) is 11.7. The van der Waals surface area contributed by atoms with Gasteiger partial charge < -0.3 is 28.4 Å². The lowest BCUT2D eigenvalue weighted by Crippen LogP contribution is -2.34. The van der Waals surface area contributed by atoms with Gasteiger partial charge in [0.1, 0.15) is 29.4 Å². The molecule has 0 aliphatic rings. The fourth-order valence-electron chi connectivity index (χ4n) is 2.73. The van der Waals surface area contributed by atoms with Crippen LogP contribution in [-0.2, 0) is 4.74 Å². The predicted octanol–water partition coefficient (Wildman–Crippen LogP) is 4.28. The summed E-state index contributed by atoms with van der Waals surface area (Å²) < 4.78 is 21.9. The van der Waals surface area contributed by atoms with Gasteiger partial charge in [-0.05, 0) is 41.0 Å². The highest BCUT2D eigenvalue weighted by Crippen LogP contribution is 2.31. The van der Waals surface area contributed by atoms with E-state index < -0.39 is 23.7 Å². The molecule has 0 fully saturated rings. The number of hydrogen-bond donors (Lipinski definition) is 2. The summed E-state index contributed by atoms with van der Waals surface area (Å²) in [6.07, 6.45) is 0.964. The third kappa shape index (κ3) is 4.93. The van der Waals surface area contributed by atoms with E-state index in [1.807, 2.05) is 6.92 Å². The van der Waals surface area contributed by atoms with E-state index >= 15 is 0 Å². The first-order valence-electron chi connectivity index (χ1n) is 9.62. The van der Waals surface area contributed by atoms with E-state index in [1.54, 1.807) is 34.6 Å². The molecule has 3 heterocycles. The quantitative estimate of drug-likeness (QED) is 0.577. The SMILES string of the molecule is CCC(NC(=O)OC(C)(C)C)c1nc(-c2nc(-c3nc(C(=O)O)co3)c(C)o2)c(C)o1. The molecule has 1 atom stereocenters. The van der Waals surface area contributed by atoms with Gasteiger partial charge in [-0.1, -0.05) is 6.92 Å². The third-order valence-corrected chi connectivity index (χ3v) is 4.14. The van der Waals surface area contributed by atoms with Gasteiger partial charge in [0.2, 0.25) is 17.7 Å². The Morgan fingerprint density at radius 3 is 2.32 bits per heavy atom. The number of nitrogens with zero attached hydrogens (tertiary/aromatic N) is 3. The Hall–Kier alpha value is -3.63. The minimum atomic E-state index is -1.21. The molecule has 1 amide bonds. The standard InChI is InChI=1S/C20H24N4O7/c1-7-11(22-19(27)31-20(4,5)6)15-23-14(10(3)29-15)17-24-13(9(2)30-17)16-21-12(8-28-16)18(25)26/h8,11H,7H2,1-6H3,(H,22,27)(H,25,26). The van der Waals surface area contributed by atoms with Crippen LogP contribution in [0.4, 0.5) is 4.79 Å². The van der Waals surface area contributed by atoms with E-state index in [0.717, 1.165) is 6.26 Å². The number of amides is 1. The van der Waals surface area contributed by atoms with E-state index in [-0.39, 0.29) is 29.1 Å². The Bertz CT molecular complexity index is 1100. The molecule has 0 aromatic carbocycles. The van der Waals surface area contributed by atoms with Crippen molar-refractivity contribution in [1.29, 1.82) is 0 Å². The molecule has 0 aliphatic carbocycles. The second-order valence-electron chi connectivity index (χ2n) is 7.83. The number of carboxylic acids is 1. The molecule has 0 spiro atoms. The number of aromatic carboxylic acids is 1. The van der Waals surface area contributed by atoms with Gasteiger partial charge in [-0.15, -0.1) is 0 Å². The van der Waals surface area contributed by atoms with Crippen molar-refractivity contribution in [2.45, 2.75) is 59.6 Å². The lowest BCUT2D eigenvalue weighted by molar-refractivity contribution is 0.0493. The molecule has 0 aliphatic heterocycles. The fraction of sp³-hybridized carbons (Fsp3) is 0.450. The zero-order valence-corrected chi connectivity index (χ0v) is 18.1. The zero-order valence-electron chi connectivity index (χ0n) is 18.1. The van der Waals surface area contributed by atoms with E-state index in [1.165, 1.54) is 0 Å². The average Bonchev–Trinajstić information content (AvgIpc) is 3.36. The fourth-order valence-corrected chi connectivity index (χ4v) is 2.73. The maximum atomic E-state index is 12.1. The molecule has 0 radical (unpaired) electrons. The zero-order chi connectivity index (χ0) is 22.9. The van der Waals surface area contributed by atoms with Gasteiger partial charge in [0.05, 0.1) is 0 Å². The number of hydrogen-bond acceptors (Lipinski definition) is 9. The Morgan fingerprint density at radius 1 is 1.10 bits per heavy atom. The number of ether oxygens (including phenoxy) is 1. The average molecular weight is 432 g/mol. The van der Waals surface area contributed by atoms with Crippen LogP contribution in [0.1, 0.15) is 68.1 Å². The highest BCUT2D eigenvalue weighted by molar-refractivity contribution is 5.85. The van der Waals surface area contributed by atoms with Gasteiger partial charge in [0, 0.05) is 0 Å². The normalized spacial score (nSPS) is 12.6. The molecule has 3 aromatic heterocycles. The number of aromatic nitrogens is 3. The van der Waals surface area contributed by atoms with Crippen LogP contribution < -0.4 is 5.32 Å².